The highest BCUT2D eigenvalue weighted by molar-refractivity contribution is 7.89. The summed E-state index contributed by atoms with van der Waals surface area (Å²) in [7, 11) is -3.81. The smallest absolute Gasteiger partial charge is 0.362 e. The summed E-state index contributed by atoms with van der Waals surface area (Å²) in [6, 6.07) is 5.60. The fourth-order valence-corrected chi connectivity index (χ4v) is 5.04. The lowest BCUT2D eigenvalue weighted by atomic mass is 9.95. The van der Waals surface area contributed by atoms with Crippen LogP contribution < -0.4 is 0 Å². The Kier molecular flexibility index (Phi) is 5.71. The van der Waals surface area contributed by atoms with Crippen molar-refractivity contribution < 1.29 is 31.5 Å². The number of hydrogen-bond donors (Lipinski definition) is 1. The molecule has 2 aliphatic rings. The van der Waals surface area contributed by atoms with Crippen LogP contribution in [0.25, 0.3) is 0 Å². The minimum Gasteiger partial charge on any atom is -0.362 e. The molecule has 1 aromatic carbocycles. The van der Waals surface area contributed by atoms with Crippen molar-refractivity contribution >= 4 is 33.2 Å². The Bertz CT molecular complexity index is 928. The van der Waals surface area contributed by atoms with E-state index in [4.69, 9.17) is 11.6 Å². The summed E-state index contributed by atoms with van der Waals surface area (Å²) < 4.78 is 66.5. The average molecular weight is 454 g/mol. The van der Waals surface area contributed by atoms with Crippen molar-refractivity contribution in [1.29, 1.82) is 0 Å². The third kappa shape index (κ3) is 4.00. The van der Waals surface area contributed by atoms with Gasteiger partial charge in [-0.25, -0.2) is 8.42 Å². The van der Waals surface area contributed by atoms with E-state index in [2.05, 4.69) is 5.10 Å². The molecule has 1 atom stereocenters. The zero-order chi connectivity index (χ0) is 21.6. The second kappa shape index (κ2) is 7.53. The quantitative estimate of drug-likeness (QED) is 0.761. The standard InChI is InChI=1S/C17H19ClF3N3O4S/c1-11-10-16(26,17(19,20)21)24(22-11)15(25)12-6-8-23(9-7-12)29(27,28)14-4-2-13(18)3-5-14/h2-5,12,26H,6-10H2,1H3/t16-/m0/s1. The van der Waals surface area contributed by atoms with E-state index in [1.165, 1.54) is 35.5 Å². The highest BCUT2D eigenvalue weighted by Crippen LogP contribution is 2.41. The van der Waals surface area contributed by atoms with Crippen molar-refractivity contribution in [2.24, 2.45) is 11.0 Å². The van der Waals surface area contributed by atoms with Crippen LogP contribution in [-0.4, -0.2) is 59.4 Å². The summed E-state index contributed by atoms with van der Waals surface area (Å²) >= 11 is 5.77. The molecule has 12 heteroatoms. The summed E-state index contributed by atoms with van der Waals surface area (Å²) in [6.07, 6.45) is -5.84. The molecular formula is C17H19ClF3N3O4S. The lowest BCUT2D eigenvalue weighted by Gasteiger charge is -2.36. The second-order valence-electron chi connectivity index (χ2n) is 7.11. The Labute approximate surface area is 170 Å². The number of hydrazone groups is 1. The predicted molar refractivity (Wildman–Crippen MR) is 98.5 cm³/mol. The normalized spacial score (nSPS) is 24.6. The van der Waals surface area contributed by atoms with Crippen molar-refractivity contribution in [2.75, 3.05) is 13.1 Å². The van der Waals surface area contributed by atoms with Crippen LogP contribution in [0.1, 0.15) is 26.2 Å². The van der Waals surface area contributed by atoms with Gasteiger partial charge in [-0.2, -0.15) is 27.6 Å². The summed E-state index contributed by atoms with van der Waals surface area (Å²) in [5.74, 6) is -1.85. The molecule has 0 saturated carbocycles. The molecule has 1 N–H and O–H groups in total. The molecule has 2 aliphatic heterocycles. The van der Waals surface area contributed by atoms with E-state index >= 15 is 0 Å². The van der Waals surface area contributed by atoms with Crippen LogP contribution in [0.4, 0.5) is 13.2 Å². The number of nitrogens with zero attached hydrogens (tertiary/aromatic N) is 3. The van der Waals surface area contributed by atoms with E-state index < -0.39 is 40.2 Å². The first-order valence-electron chi connectivity index (χ1n) is 8.79. The van der Waals surface area contributed by atoms with Crippen LogP contribution in [0.2, 0.25) is 5.02 Å². The van der Waals surface area contributed by atoms with Gasteiger partial charge in [0.25, 0.3) is 5.72 Å². The zero-order valence-electron chi connectivity index (χ0n) is 15.4. The summed E-state index contributed by atoms with van der Waals surface area (Å²) in [6.45, 7) is 1.22. The van der Waals surface area contributed by atoms with Crippen LogP contribution in [-0.2, 0) is 14.8 Å². The predicted octanol–water partition coefficient (Wildman–Crippen LogP) is 2.60. The maximum absolute atomic E-state index is 13.3. The Morgan fingerprint density at radius 3 is 2.31 bits per heavy atom. The third-order valence-corrected chi connectivity index (χ3v) is 7.21. The van der Waals surface area contributed by atoms with Crippen molar-refractivity contribution in [1.82, 2.24) is 9.31 Å². The molecule has 1 saturated heterocycles. The lowest BCUT2D eigenvalue weighted by Crippen LogP contribution is -2.58. The molecule has 160 valence electrons. The molecule has 0 spiro atoms. The number of sulfonamides is 1. The summed E-state index contributed by atoms with van der Waals surface area (Å²) in [5, 5.41) is 14.1. The van der Waals surface area contributed by atoms with Gasteiger partial charge in [-0.3, -0.25) is 4.79 Å². The van der Waals surface area contributed by atoms with Crippen molar-refractivity contribution in [3.8, 4) is 0 Å². The van der Waals surface area contributed by atoms with Crippen LogP contribution in [0, 0.1) is 5.92 Å². The topological polar surface area (TPSA) is 90.3 Å². The first kappa shape index (κ1) is 22.0. The van der Waals surface area contributed by atoms with Gasteiger partial charge in [0.1, 0.15) is 0 Å². The number of carbonyl (C=O) groups excluding carboxylic acids is 1. The molecule has 2 heterocycles. The van der Waals surface area contributed by atoms with Gasteiger partial charge in [0.05, 0.1) is 4.90 Å². The molecule has 7 nitrogen and oxygen atoms in total. The molecule has 29 heavy (non-hydrogen) atoms. The summed E-state index contributed by atoms with van der Waals surface area (Å²) in [4.78, 5) is 12.7. The van der Waals surface area contributed by atoms with Gasteiger partial charge in [-0.15, -0.1) is 0 Å². The SMILES string of the molecule is CC1=NN(C(=O)C2CCN(S(=O)(=O)c3ccc(Cl)cc3)CC2)[C@@](O)(C(F)(F)F)C1. The van der Waals surface area contributed by atoms with E-state index in [-0.39, 0.29) is 41.5 Å². The molecule has 1 amide bonds. The van der Waals surface area contributed by atoms with Gasteiger partial charge in [0.15, 0.2) is 0 Å². The monoisotopic (exact) mass is 453 g/mol. The van der Waals surface area contributed by atoms with E-state index in [9.17, 15) is 31.5 Å². The molecule has 0 bridgehead atoms. The number of halogens is 4. The van der Waals surface area contributed by atoms with E-state index in [1.807, 2.05) is 0 Å². The van der Waals surface area contributed by atoms with E-state index in [1.54, 1.807) is 0 Å². The van der Waals surface area contributed by atoms with E-state index in [0.29, 0.717) is 5.02 Å². The van der Waals surface area contributed by atoms with Gasteiger partial charge in [-0.1, -0.05) is 11.6 Å². The number of rotatable bonds is 3. The van der Waals surface area contributed by atoms with Gasteiger partial charge in [-0.05, 0) is 44.0 Å². The fraction of sp³-hybridized carbons (Fsp3) is 0.529. The minimum absolute atomic E-state index is 0.0130. The minimum atomic E-state index is -5.07. The maximum atomic E-state index is 13.3. The molecule has 0 aliphatic carbocycles. The molecule has 1 fully saturated rings. The number of carbonyl (C=O) groups is 1. The second-order valence-corrected chi connectivity index (χ2v) is 9.48. The highest BCUT2D eigenvalue weighted by Gasteiger charge is 2.63. The van der Waals surface area contributed by atoms with Gasteiger partial charge in [0, 0.05) is 36.2 Å². The first-order chi connectivity index (χ1) is 13.4. The van der Waals surface area contributed by atoms with Crippen LogP contribution in [0.3, 0.4) is 0 Å². The molecule has 3 rings (SSSR count). The van der Waals surface area contributed by atoms with Gasteiger partial charge in [0.2, 0.25) is 15.9 Å². The molecule has 0 unspecified atom stereocenters. The lowest BCUT2D eigenvalue weighted by molar-refractivity contribution is -0.303. The Hall–Kier alpha value is -1.69. The van der Waals surface area contributed by atoms with Crippen molar-refractivity contribution in [3.05, 3.63) is 29.3 Å². The van der Waals surface area contributed by atoms with Crippen molar-refractivity contribution in [2.45, 2.75) is 43.0 Å². The zero-order valence-corrected chi connectivity index (χ0v) is 16.9. The molecule has 1 aromatic rings. The molecule has 0 aromatic heterocycles. The highest BCUT2D eigenvalue weighted by atomic mass is 35.5. The number of alkyl halides is 3. The average Bonchev–Trinajstić information content (AvgIpc) is 2.97. The number of amides is 1. The molecule has 0 radical (unpaired) electrons. The molecular weight excluding hydrogens is 435 g/mol. The largest absolute Gasteiger partial charge is 0.438 e. The number of piperidine rings is 1. The van der Waals surface area contributed by atoms with Gasteiger partial charge >= 0.3 is 6.18 Å². The van der Waals surface area contributed by atoms with Crippen LogP contribution in [0.15, 0.2) is 34.3 Å². The van der Waals surface area contributed by atoms with Crippen molar-refractivity contribution in [3.63, 3.8) is 0 Å². The van der Waals surface area contributed by atoms with Gasteiger partial charge < -0.3 is 5.11 Å². The first-order valence-corrected chi connectivity index (χ1v) is 10.6. The van der Waals surface area contributed by atoms with E-state index in [0.717, 1.165) is 0 Å². The number of benzene rings is 1. The van der Waals surface area contributed by atoms with Crippen LogP contribution in [0.5, 0.6) is 0 Å². The number of hydrogen-bond acceptors (Lipinski definition) is 5. The van der Waals surface area contributed by atoms with Crippen LogP contribution >= 0.6 is 11.6 Å². The summed E-state index contributed by atoms with van der Waals surface area (Å²) in [5.41, 5.74) is -3.39. The maximum Gasteiger partial charge on any atom is 0.438 e. The number of aliphatic hydroxyl groups is 1. The Morgan fingerprint density at radius 1 is 1.24 bits per heavy atom. The third-order valence-electron chi connectivity index (χ3n) is 5.04. The Balaban J connectivity index is 1.72. The fourth-order valence-electron chi connectivity index (χ4n) is 3.44. The Morgan fingerprint density at radius 2 is 1.79 bits per heavy atom.